The molecule has 29 heavy (non-hydrogen) atoms. The summed E-state index contributed by atoms with van der Waals surface area (Å²) in [6.45, 7) is 0. The third-order valence-corrected chi connectivity index (χ3v) is 4.33. The van der Waals surface area contributed by atoms with E-state index < -0.39 is 0 Å². The van der Waals surface area contributed by atoms with Crippen LogP contribution >= 0.6 is 0 Å². The molecule has 1 aromatic carbocycles. The van der Waals surface area contributed by atoms with Gasteiger partial charge >= 0.3 is 0 Å². The number of carbonyl (C=O) groups is 1. The number of aromatic nitrogens is 5. The van der Waals surface area contributed by atoms with Crippen LogP contribution in [-0.2, 0) is 17.6 Å². The molecule has 0 aliphatic heterocycles. The minimum atomic E-state index is -0.217. The lowest BCUT2D eigenvalue weighted by Gasteiger charge is -2.05. The number of anilines is 1. The van der Waals surface area contributed by atoms with Gasteiger partial charge in [-0.05, 0) is 41.8 Å². The minimum absolute atomic E-state index is 0.217. The van der Waals surface area contributed by atoms with Gasteiger partial charge in [0.25, 0.3) is 0 Å². The Balaban J connectivity index is 1.36. The van der Waals surface area contributed by atoms with Crippen molar-refractivity contribution in [3.8, 4) is 11.1 Å². The predicted molar refractivity (Wildman–Crippen MR) is 108 cm³/mol. The molecule has 8 nitrogen and oxygen atoms in total. The molecular weight excluding hydrogens is 368 g/mol. The SMILES string of the molecule is O=C(/C=C/c1cnccc1-c1cn[nH]c1)Nc1ccc(CCc2nnco2)cc1. The van der Waals surface area contributed by atoms with E-state index in [-0.39, 0.29) is 5.91 Å². The van der Waals surface area contributed by atoms with E-state index in [1.54, 1.807) is 30.9 Å². The van der Waals surface area contributed by atoms with Gasteiger partial charge in [0, 0.05) is 47.9 Å². The minimum Gasteiger partial charge on any atom is -0.428 e. The standard InChI is InChI=1S/C21H18N6O2/c28-20(7-4-16-11-22-10-9-19(16)17-12-23-24-13-17)26-18-5-1-15(2-6-18)3-8-21-27-25-14-29-21/h1-2,4-7,9-14H,3,8H2,(H,23,24)(H,26,28)/b7-4+. The zero-order valence-corrected chi connectivity index (χ0v) is 15.4. The Hall–Kier alpha value is -4.07. The molecule has 0 fully saturated rings. The molecule has 0 radical (unpaired) electrons. The number of nitrogens with zero attached hydrogens (tertiary/aromatic N) is 4. The second-order valence-electron chi connectivity index (χ2n) is 6.30. The van der Waals surface area contributed by atoms with Gasteiger partial charge in [-0.15, -0.1) is 10.2 Å². The van der Waals surface area contributed by atoms with Crippen LogP contribution in [0.4, 0.5) is 5.69 Å². The molecule has 0 unspecified atom stereocenters. The van der Waals surface area contributed by atoms with Crippen LogP contribution in [0.25, 0.3) is 17.2 Å². The van der Waals surface area contributed by atoms with Crippen LogP contribution in [0.5, 0.6) is 0 Å². The largest absolute Gasteiger partial charge is 0.428 e. The Bertz CT molecular complexity index is 1090. The van der Waals surface area contributed by atoms with E-state index in [0.717, 1.165) is 34.4 Å². The number of hydrogen-bond acceptors (Lipinski definition) is 6. The van der Waals surface area contributed by atoms with Gasteiger partial charge in [-0.2, -0.15) is 5.10 Å². The van der Waals surface area contributed by atoms with Crippen molar-refractivity contribution in [1.29, 1.82) is 0 Å². The molecule has 4 rings (SSSR count). The molecule has 144 valence electrons. The first-order valence-corrected chi connectivity index (χ1v) is 9.04. The molecular formula is C21H18N6O2. The van der Waals surface area contributed by atoms with E-state index in [0.29, 0.717) is 12.3 Å². The third kappa shape index (κ3) is 4.81. The quantitative estimate of drug-likeness (QED) is 0.472. The van der Waals surface area contributed by atoms with Crippen molar-refractivity contribution in [3.63, 3.8) is 0 Å². The van der Waals surface area contributed by atoms with E-state index in [9.17, 15) is 4.79 Å². The Morgan fingerprint density at radius 1 is 1.14 bits per heavy atom. The van der Waals surface area contributed by atoms with Gasteiger partial charge in [0.15, 0.2) is 0 Å². The summed E-state index contributed by atoms with van der Waals surface area (Å²) in [5.74, 6) is 0.392. The first-order chi connectivity index (χ1) is 14.3. The van der Waals surface area contributed by atoms with Crippen LogP contribution in [0.3, 0.4) is 0 Å². The van der Waals surface area contributed by atoms with Crippen molar-refractivity contribution in [2.75, 3.05) is 5.32 Å². The predicted octanol–water partition coefficient (Wildman–Crippen LogP) is 3.29. The number of amides is 1. The van der Waals surface area contributed by atoms with Crippen LogP contribution in [0, 0.1) is 0 Å². The molecule has 0 saturated heterocycles. The van der Waals surface area contributed by atoms with Crippen molar-refractivity contribution in [2.24, 2.45) is 0 Å². The summed E-state index contributed by atoms with van der Waals surface area (Å²) in [7, 11) is 0. The molecule has 4 aromatic rings. The summed E-state index contributed by atoms with van der Waals surface area (Å²) in [5.41, 5.74) is 4.56. The summed E-state index contributed by atoms with van der Waals surface area (Å²) in [4.78, 5) is 16.4. The number of H-pyrrole nitrogens is 1. The lowest BCUT2D eigenvalue weighted by molar-refractivity contribution is -0.111. The fraction of sp³-hybridized carbons (Fsp3) is 0.0952. The van der Waals surface area contributed by atoms with Crippen LogP contribution in [0.15, 0.2) is 72.0 Å². The van der Waals surface area contributed by atoms with Gasteiger partial charge in [0.05, 0.1) is 6.20 Å². The van der Waals surface area contributed by atoms with Crippen LogP contribution < -0.4 is 5.32 Å². The van der Waals surface area contributed by atoms with Crippen molar-refractivity contribution < 1.29 is 9.21 Å². The Morgan fingerprint density at radius 2 is 2.03 bits per heavy atom. The molecule has 3 aromatic heterocycles. The molecule has 0 atom stereocenters. The number of carbonyl (C=O) groups excluding carboxylic acids is 1. The fourth-order valence-electron chi connectivity index (χ4n) is 2.86. The van der Waals surface area contributed by atoms with E-state index >= 15 is 0 Å². The highest BCUT2D eigenvalue weighted by Gasteiger charge is 2.05. The molecule has 0 spiro atoms. The van der Waals surface area contributed by atoms with E-state index in [1.807, 2.05) is 30.3 Å². The number of benzene rings is 1. The number of hydrogen-bond donors (Lipinski definition) is 2. The first-order valence-electron chi connectivity index (χ1n) is 9.04. The highest BCUT2D eigenvalue weighted by molar-refractivity contribution is 6.02. The van der Waals surface area contributed by atoms with Crippen LogP contribution in [0.1, 0.15) is 17.0 Å². The lowest BCUT2D eigenvalue weighted by Crippen LogP contribution is -2.07. The normalized spacial score (nSPS) is 11.0. The lowest BCUT2D eigenvalue weighted by atomic mass is 10.0. The van der Waals surface area contributed by atoms with Crippen LogP contribution in [-0.4, -0.2) is 31.3 Å². The Kier molecular flexibility index (Phi) is 5.52. The van der Waals surface area contributed by atoms with Crippen molar-refractivity contribution in [3.05, 3.63) is 84.6 Å². The molecule has 8 heteroatoms. The third-order valence-electron chi connectivity index (χ3n) is 4.33. The average Bonchev–Trinajstić information content (AvgIpc) is 3.46. The molecule has 2 N–H and O–H groups in total. The number of pyridine rings is 1. The molecule has 0 bridgehead atoms. The topological polar surface area (TPSA) is 110 Å². The van der Waals surface area contributed by atoms with E-state index in [1.165, 1.54) is 12.5 Å². The maximum Gasteiger partial charge on any atom is 0.248 e. The fourth-order valence-corrected chi connectivity index (χ4v) is 2.86. The second kappa shape index (κ2) is 8.75. The van der Waals surface area contributed by atoms with Gasteiger partial charge in [-0.3, -0.25) is 14.9 Å². The molecule has 0 aliphatic rings. The maximum atomic E-state index is 12.3. The molecule has 0 saturated carbocycles. The highest BCUT2D eigenvalue weighted by atomic mass is 16.4. The Morgan fingerprint density at radius 3 is 2.79 bits per heavy atom. The molecule has 1 amide bonds. The number of aryl methyl sites for hydroxylation is 2. The zero-order valence-electron chi connectivity index (χ0n) is 15.4. The summed E-state index contributed by atoms with van der Waals surface area (Å²) in [6, 6.07) is 9.56. The van der Waals surface area contributed by atoms with Gasteiger partial charge < -0.3 is 9.73 Å². The van der Waals surface area contributed by atoms with E-state index in [2.05, 4.69) is 30.7 Å². The van der Waals surface area contributed by atoms with Crippen molar-refractivity contribution in [2.45, 2.75) is 12.8 Å². The summed E-state index contributed by atoms with van der Waals surface area (Å²) in [5, 5.41) is 17.1. The van der Waals surface area contributed by atoms with Gasteiger partial charge in [-0.1, -0.05) is 12.1 Å². The van der Waals surface area contributed by atoms with Crippen LogP contribution in [0.2, 0.25) is 0 Å². The maximum absolute atomic E-state index is 12.3. The molecule has 3 heterocycles. The molecule has 0 aliphatic carbocycles. The van der Waals surface area contributed by atoms with Gasteiger partial charge in [0.1, 0.15) is 0 Å². The van der Waals surface area contributed by atoms with E-state index in [4.69, 9.17) is 4.42 Å². The smallest absolute Gasteiger partial charge is 0.248 e. The monoisotopic (exact) mass is 386 g/mol. The average molecular weight is 386 g/mol. The number of rotatable bonds is 7. The van der Waals surface area contributed by atoms with Gasteiger partial charge in [-0.25, -0.2) is 0 Å². The first kappa shape index (κ1) is 18.3. The zero-order chi connectivity index (χ0) is 19.9. The van der Waals surface area contributed by atoms with Crippen molar-refractivity contribution in [1.82, 2.24) is 25.4 Å². The number of nitrogens with one attached hydrogen (secondary N) is 2. The highest BCUT2D eigenvalue weighted by Crippen LogP contribution is 2.22. The number of aromatic amines is 1. The second-order valence-corrected chi connectivity index (χ2v) is 6.30. The van der Waals surface area contributed by atoms with Gasteiger partial charge in [0.2, 0.25) is 18.2 Å². The Labute approximate surface area is 166 Å². The summed E-state index contributed by atoms with van der Waals surface area (Å²) in [6.07, 6.45) is 13.0. The summed E-state index contributed by atoms with van der Waals surface area (Å²) < 4.78 is 5.13. The summed E-state index contributed by atoms with van der Waals surface area (Å²) >= 11 is 0. The van der Waals surface area contributed by atoms with Crippen molar-refractivity contribution >= 4 is 17.7 Å².